The molecular weight excluding hydrogens is 948 g/mol. The van der Waals surface area contributed by atoms with E-state index in [2.05, 4.69) is 0 Å². The van der Waals surface area contributed by atoms with Crippen LogP contribution in [-0.2, 0) is 0 Å². The van der Waals surface area contributed by atoms with Gasteiger partial charge in [-0.25, -0.2) is 0 Å². The Labute approximate surface area is 150 Å². The Bertz CT molecular complexity index is 36.3. The zero-order chi connectivity index (χ0) is 7.15. The topological polar surface area (TPSA) is 121 Å². The zero-order valence-corrected chi connectivity index (χ0v) is 28.7. The first-order chi connectivity index (χ1) is 3.46. The molecule has 0 aromatic heterocycles. The van der Waals surface area contributed by atoms with Crippen LogP contribution in [0.25, 0.3) is 0 Å². The van der Waals surface area contributed by atoms with Gasteiger partial charge >= 0.3 is 123 Å². The van der Waals surface area contributed by atoms with Crippen molar-refractivity contribution in [3.8, 4) is 0 Å². The molecule has 6 N–H and O–H groups in total. The van der Waals surface area contributed by atoms with Crippen molar-refractivity contribution in [1.82, 2.24) is 0 Å². The molecule has 0 fully saturated rings. The molecule has 0 rings (SSSR count). The Morgan fingerprint density at radius 1 is 0.500 bits per heavy atom. The third kappa shape index (κ3) is 170. The molecule has 0 aromatic rings. The minimum absolute atomic E-state index is 0. The Kier molecular flexibility index (Phi) is 88.1. The minimum atomic E-state index is -2.17. The summed E-state index contributed by atoms with van der Waals surface area (Å²) in [6.45, 7) is 0. The molecule has 0 aliphatic rings. The average Bonchev–Trinajstić information content (AvgIpc) is 1.25. The van der Waals surface area contributed by atoms with Gasteiger partial charge in [-0.15, -0.1) is 0 Å². The first kappa shape index (κ1) is 36.1. The van der Waals surface area contributed by atoms with Crippen LogP contribution in [0, 0.1) is 0 Å². The Balaban J connectivity index is -0.0000000112. The molecule has 0 aliphatic carbocycles. The molecule has 6 nitrogen and oxygen atoms in total. The molecule has 0 unspecified atom stereocenters. The van der Waals surface area contributed by atoms with Crippen molar-refractivity contribution in [2.45, 2.75) is 0 Å². The Morgan fingerprint density at radius 3 is 0.500 bits per heavy atom. The van der Waals surface area contributed by atoms with Gasteiger partial charge < -0.3 is 30.1 Å². The van der Waals surface area contributed by atoms with E-state index in [0.29, 0.717) is 0 Å². The molecule has 12 heteroatoms. The maximum absolute atomic E-state index is 7.17. The molecule has 0 bridgehead atoms. The molecular formula is H15B2BiO6Pb3. The molecule has 0 aromatic carbocycles. The van der Waals surface area contributed by atoms with Crippen molar-refractivity contribution in [1.29, 1.82) is 0 Å². The Morgan fingerprint density at radius 2 is 0.500 bits per heavy atom. The van der Waals surface area contributed by atoms with Gasteiger partial charge in [0.25, 0.3) is 0 Å². The molecule has 0 aliphatic heterocycles. The summed E-state index contributed by atoms with van der Waals surface area (Å²) in [6, 6.07) is 0. The Hall–Kier alpha value is 3.54. The summed E-state index contributed by atoms with van der Waals surface area (Å²) >= 11 is 0. The predicted octanol–water partition coefficient (Wildman–Crippen LogP) is -8.04. The summed E-state index contributed by atoms with van der Waals surface area (Å²) in [5, 5.41) is 43.0. The van der Waals surface area contributed by atoms with Crippen LogP contribution < -0.4 is 0 Å². The molecule has 0 amide bonds. The van der Waals surface area contributed by atoms with Crippen molar-refractivity contribution in [2.24, 2.45) is 0 Å². The summed E-state index contributed by atoms with van der Waals surface area (Å²) in [6.07, 6.45) is 0. The van der Waals surface area contributed by atoms with Gasteiger partial charge in [-0.2, -0.15) is 0 Å². The van der Waals surface area contributed by atoms with Crippen LogP contribution in [-0.4, -0.2) is 153 Å². The third-order valence-electron chi connectivity index (χ3n) is 0. The average molecular weight is 963 g/mol. The number of rotatable bonds is 0. The van der Waals surface area contributed by atoms with Gasteiger partial charge in [0.1, 0.15) is 0 Å². The van der Waals surface area contributed by atoms with Gasteiger partial charge in [-0.1, -0.05) is 0 Å². The summed E-state index contributed by atoms with van der Waals surface area (Å²) in [5.74, 6) is 0. The summed E-state index contributed by atoms with van der Waals surface area (Å²) in [5.41, 5.74) is 0. The van der Waals surface area contributed by atoms with E-state index in [-0.39, 0.29) is 108 Å². The third-order valence-corrected chi connectivity index (χ3v) is 0. The van der Waals surface area contributed by atoms with Crippen LogP contribution in [0.2, 0.25) is 0 Å². The summed E-state index contributed by atoms with van der Waals surface area (Å²) in [4.78, 5) is 0. The standard InChI is InChI=1S/2BH3O3.Bi.3Pb.9H/c2*2-1(3)4;;;;;;;;;;;;;/h2*2-4H;;;;;;;;;;;;;. The van der Waals surface area contributed by atoms with Crippen molar-refractivity contribution in [3.63, 3.8) is 0 Å². The maximum atomic E-state index is 7.17. The van der Waals surface area contributed by atoms with Crippen LogP contribution in [0.4, 0.5) is 0 Å². The van der Waals surface area contributed by atoms with Crippen LogP contribution >= 0.6 is 0 Å². The number of hydrogen-bond donors (Lipinski definition) is 6. The zero-order valence-electron chi connectivity index (χ0n) is 6.67. The molecule has 74 valence electrons. The van der Waals surface area contributed by atoms with Crippen molar-refractivity contribution >= 4 is 123 Å². The number of hydrogen-bond acceptors (Lipinski definition) is 6. The first-order valence-electron chi connectivity index (χ1n) is 1.55. The second-order valence-corrected chi connectivity index (χ2v) is 0.693. The van der Waals surface area contributed by atoms with E-state index < -0.39 is 14.6 Å². The van der Waals surface area contributed by atoms with Gasteiger partial charge in [0, 0.05) is 0 Å². The monoisotopic (exact) mass is 966 g/mol. The van der Waals surface area contributed by atoms with Crippen LogP contribution in [0.15, 0.2) is 0 Å². The quantitative estimate of drug-likeness (QED) is 0.135. The molecule has 12 heavy (non-hydrogen) atoms. The van der Waals surface area contributed by atoms with Gasteiger partial charge in [0.2, 0.25) is 0 Å². The first-order valence-corrected chi connectivity index (χ1v) is 1.55. The van der Waals surface area contributed by atoms with Gasteiger partial charge in [0.05, 0.1) is 0 Å². The van der Waals surface area contributed by atoms with E-state index in [4.69, 9.17) is 30.1 Å². The fourth-order valence-corrected chi connectivity index (χ4v) is 0. The van der Waals surface area contributed by atoms with Crippen molar-refractivity contribution in [2.75, 3.05) is 0 Å². The van der Waals surface area contributed by atoms with Crippen molar-refractivity contribution in [3.05, 3.63) is 0 Å². The van der Waals surface area contributed by atoms with E-state index in [0.717, 1.165) is 0 Å². The summed E-state index contributed by atoms with van der Waals surface area (Å²) < 4.78 is 0. The molecule has 0 atom stereocenters. The SMILES string of the molecule is OB(O)O.OB(O)O.[BiH3].[PbH2].[PbH2].[PbH2]. The van der Waals surface area contributed by atoms with Crippen molar-refractivity contribution < 1.29 is 30.1 Å². The molecule has 0 spiro atoms. The van der Waals surface area contributed by atoms with Gasteiger partial charge in [-0.05, 0) is 0 Å². The molecule has 0 saturated heterocycles. The molecule has 0 saturated carbocycles. The van der Waals surface area contributed by atoms with Crippen LogP contribution in [0.1, 0.15) is 0 Å². The van der Waals surface area contributed by atoms with Crippen LogP contribution in [0.5, 0.6) is 0 Å². The van der Waals surface area contributed by atoms with E-state index in [1.54, 1.807) is 0 Å². The fourth-order valence-electron chi connectivity index (χ4n) is 0. The normalized spacial score (nSPS) is 4.50. The van der Waals surface area contributed by atoms with E-state index in [1.807, 2.05) is 0 Å². The second-order valence-electron chi connectivity index (χ2n) is 0.693. The second kappa shape index (κ2) is 29.3. The van der Waals surface area contributed by atoms with E-state index in [1.165, 1.54) is 0 Å². The molecule has 0 heterocycles. The summed E-state index contributed by atoms with van der Waals surface area (Å²) in [7, 11) is -4.33. The predicted molar refractivity (Wildman–Crippen MR) is 60.4 cm³/mol. The van der Waals surface area contributed by atoms with Gasteiger partial charge in [-0.3, -0.25) is 0 Å². The van der Waals surface area contributed by atoms with E-state index >= 15 is 0 Å². The van der Waals surface area contributed by atoms with Crippen LogP contribution in [0.3, 0.4) is 0 Å². The molecule has 6 radical (unpaired) electrons. The van der Waals surface area contributed by atoms with Gasteiger partial charge in [0.15, 0.2) is 0 Å². The fraction of sp³-hybridized carbons (Fsp3) is 0. The van der Waals surface area contributed by atoms with E-state index in [9.17, 15) is 0 Å².